The first-order valence-electron chi connectivity index (χ1n) is 5.60. The Labute approximate surface area is 140 Å². The van der Waals surface area contributed by atoms with E-state index in [0.29, 0.717) is 49.6 Å². The van der Waals surface area contributed by atoms with E-state index < -0.39 is 0 Å². The van der Waals surface area contributed by atoms with Crippen LogP contribution in [0.15, 0.2) is 34.8 Å². The number of nitrogen functional groups attached to an aromatic ring is 2. The van der Waals surface area contributed by atoms with Crippen molar-refractivity contribution >= 4 is 63.1 Å². The molecule has 4 nitrogen and oxygen atoms in total. The Hall–Kier alpha value is -1.56. The summed E-state index contributed by atoms with van der Waals surface area (Å²) >= 11 is 14.5. The van der Waals surface area contributed by atoms with E-state index in [-0.39, 0.29) is 0 Å². The summed E-state index contributed by atoms with van der Waals surface area (Å²) in [6.45, 7) is 0. The first-order valence-corrected chi connectivity index (χ1v) is 7.15. The Kier molecular flexibility index (Phi) is 6.68. The van der Waals surface area contributed by atoms with Gasteiger partial charge in [0.05, 0.1) is 21.2 Å². The molecule has 0 aromatic heterocycles. The largest absolute Gasteiger partial charge is 0.398 e. The fourth-order valence-electron chi connectivity index (χ4n) is 1.38. The van der Waals surface area contributed by atoms with Crippen molar-refractivity contribution in [2.24, 2.45) is 0 Å². The van der Waals surface area contributed by atoms with Crippen LogP contribution in [0.4, 0.5) is 11.4 Å². The van der Waals surface area contributed by atoms with Crippen molar-refractivity contribution in [1.82, 2.24) is 0 Å². The van der Waals surface area contributed by atoms with E-state index in [1.807, 2.05) is 0 Å². The van der Waals surface area contributed by atoms with Crippen LogP contribution in [0.2, 0.25) is 10.0 Å². The molecule has 0 saturated heterocycles. The standard InChI is InChI=1S/C7H5BrClNO.C7H6ClNO/c8-5-1-2-6(10)4(3-11)7(5)9;8-6-2-1-3-7(9)5(6)4-10/h1-3H,10H2;1-4H,9H2. The summed E-state index contributed by atoms with van der Waals surface area (Å²) in [7, 11) is 0. The van der Waals surface area contributed by atoms with Gasteiger partial charge < -0.3 is 11.5 Å². The topological polar surface area (TPSA) is 86.2 Å². The first-order chi connectivity index (χ1) is 9.92. The summed E-state index contributed by atoms with van der Waals surface area (Å²) < 4.78 is 0.676. The second-order valence-electron chi connectivity index (χ2n) is 3.84. The van der Waals surface area contributed by atoms with E-state index in [4.69, 9.17) is 34.7 Å². The molecule has 0 saturated carbocycles. The van der Waals surface area contributed by atoms with Crippen LogP contribution >= 0.6 is 39.1 Å². The highest BCUT2D eigenvalue weighted by Crippen LogP contribution is 2.28. The lowest BCUT2D eigenvalue weighted by Crippen LogP contribution is -1.93. The van der Waals surface area contributed by atoms with Gasteiger partial charge in [-0.05, 0) is 40.2 Å². The Morgan fingerprint density at radius 1 is 0.905 bits per heavy atom. The van der Waals surface area contributed by atoms with E-state index in [1.165, 1.54) is 0 Å². The van der Waals surface area contributed by atoms with E-state index >= 15 is 0 Å². The van der Waals surface area contributed by atoms with E-state index in [0.717, 1.165) is 0 Å². The zero-order chi connectivity index (χ0) is 16.0. The average molecular weight is 390 g/mol. The van der Waals surface area contributed by atoms with Crippen LogP contribution < -0.4 is 11.5 Å². The molecule has 2 aromatic rings. The number of carbonyl (C=O) groups excluding carboxylic acids is 2. The van der Waals surface area contributed by atoms with Gasteiger partial charge in [0, 0.05) is 15.8 Å². The van der Waals surface area contributed by atoms with Crippen LogP contribution in [0.25, 0.3) is 0 Å². The fourth-order valence-corrected chi connectivity index (χ4v) is 2.17. The number of benzene rings is 2. The summed E-state index contributed by atoms with van der Waals surface area (Å²) in [6.07, 6.45) is 1.29. The van der Waals surface area contributed by atoms with Gasteiger partial charge in [-0.2, -0.15) is 0 Å². The van der Waals surface area contributed by atoms with Crippen LogP contribution in [0.5, 0.6) is 0 Å². The van der Waals surface area contributed by atoms with Gasteiger partial charge in [-0.1, -0.05) is 29.3 Å². The van der Waals surface area contributed by atoms with E-state index in [1.54, 1.807) is 30.3 Å². The Morgan fingerprint density at radius 3 is 1.90 bits per heavy atom. The molecule has 0 radical (unpaired) electrons. The number of aldehydes is 2. The number of rotatable bonds is 2. The lowest BCUT2D eigenvalue weighted by atomic mass is 10.2. The van der Waals surface area contributed by atoms with Crippen molar-refractivity contribution in [2.45, 2.75) is 0 Å². The van der Waals surface area contributed by atoms with Gasteiger partial charge in [-0.15, -0.1) is 0 Å². The molecule has 4 N–H and O–H groups in total. The number of halogens is 3. The number of nitrogens with two attached hydrogens (primary N) is 2. The van der Waals surface area contributed by atoms with Gasteiger partial charge in [-0.3, -0.25) is 9.59 Å². The van der Waals surface area contributed by atoms with Crippen molar-refractivity contribution < 1.29 is 9.59 Å². The first kappa shape index (κ1) is 17.5. The Bertz CT molecular complexity index is 658. The molecule has 2 rings (SSSR count). The van der Waals surface area contributed by atoms with Crippen molar-refractivity contribution in [3.63, 3.8) is 0 Å². The molecule has 0 heterocycles. The molecular weight excluding hydrogens is 379 g/mol. The summed E-state index contributed by atoms with van der Waals surface area (Å²) in [4.78, 5) is 20.7. The summed E-state index contributed by atoms with van der Waals surface area (Å²) in [5.74, 6) is 0. The third-order valence-electron chi connectivity index (χ3n) is 2.49. The SMILES string of the molecule is Nc1ccc(Br)c(Cl)c1C=O.Nc1cccc(Cl)c1C=O. The van der Waals surface area contributed by atoms with Crippen molar-refractivity contribution in [3.8, 4) is 0 Å². The molecule has 0 spiro atoms. The molecule has 7 heteroatoms. The molecule has 0 bridgehead atoms. The van der Waals surface area contributed by atoms with Gasteiger partial charge in [0.15, 0.2) is 12.6 Å². The van der Waals surface area contributed by atoms with Gasteiger partial charge in [0.2, 0.25) is 0 Å². The summed E-state index contributed by atoms with van der Waals surface area (Å²) in [5, 5.41) is 0.759. The molecule has 21 heavy (non-hydrogen) atoms. The van der Waals surface area contributed by atoms with Gasteiger partial charge >= 0.3 is 0 Å². The van der Waals surface area contributed by atoms with Crippen LogP contribution in [0.3, 0.4) is 0 Å². The molecule has 0 unspecified atom stereocenters. The Morgan fingerprint density at radius 2 is 1.48 bits per heavy atom. The van der Waals surface area contributed by atoms with Crippen molar-refractivity contribution in [1.29, 1.82) is 0 Å². The maximum absolute atomic E-state index is 10.4. The predicted molar refractivity (Wildman–Crippen MR) is 90.2 cm³/mol. The minimum atomic E-state index is 0.334. The van der Waals surface area contributed by atoms with Crippen LogP contribution in [0.1, 0.15) is 20.7 Å². The lowest BCUT2D eigenvalue weighted by molar-refractivity contribution is 0.111. The highest BCUT2D eigenvalue weighted by Gasteiger charge is 2.06. The third-order valence-corrected chi connectivity index (χ3v) is 4.11. The van der Waals surface area contributed by atoms with Crippen LogP contribution in [-0.2, 0) is 0 Å². The molecule has 110 valence electrons. The minimum Gasteiger partial charge on any atom is -0.398 e. The molecule has 0 aliphatic heterocycles. The average Bonchev–Trinajstić information content (AvgIpc) is 2.45. The highest BCUT2D eigenvalue weighted by molar-refractivity contribution is 9.10. The molecule has 0 atom stereocenters. The fraction of sp³-hybridized carbons (Fsp3) is 0. The van der Waals surface area contributed by atoms with Gasteiger partial charge in [0.1, 0.15) is 0 Å². The predicted octanol–water partition coefficient (Wildman–Crippen LogP) is 4.23. The number of hydrogen-bond donors (Lipinski definition) is 2. The van der Waals surface area contributed by atoms with E-state index in [9.17, 15) is 9.59 Å². The van der Waals surface area contributed by atoms with Crippen molar-refractivity contribution in [3.05, 3.63) is 56.0 Å². The van der Waals surface area contributed by atoms with Crippen LogP contribution in [0, 0.1) is 0 Å². The smallest absolute Gasteiger partial charge is 0.153 e. The molecule has 0 aliphatic rings. The number of hydrogen-bond acceptors (Lipinski definition) is 4. The molecule has 0 aliphatic carbocycles. The maximum atomic E-state index is 10.4. The third kappa shape index (κ3) is 4.46. The quantitative estimate of drug-likeness (QED) is 0.594. The van der Waals surface area contributed by atoms with Gasteiger partial charge in [-0.25, -0.2) is 0 Å². The highest BCUT2D eigenvalue weighted by atomic mass is 79.9. The minimum absolute atomic E-state index is 0.334. The normalized spacial score (nSPS) is 9.48. The molecule has 0 amide bonds. The van der Waals surface area contributed by atoms with Crippen molar-refractivity contribution in [2.75, 3.05) is 11.5 Å². The zero-order valence-electron chi connectivity index (χ0n) is 10.6. The molecule has 2 aromatic carbocycles. The summed E-state index contributed by atoms with van der Waals surface area (Å²) in [5.41, 5.74) is 12.4. The summed E-state index contributed by atoms with van der Waals surface area (Å²) in [6, 6.07) is 8.28. The van der Waals surface area contributed by atoms with Gasteiger partial charge in [0.25, 0.3) is 0 Å². The zero-order valence-corrected chi connectivity index (χ0v) is 13.7. The second-order valence-corrected chi connectivity index (χ2v) is 5.48. The van der Waals surface area contributed by atoms with E-state index in [2.05, 4.69) is 15.9 Å². The maximum Gasteiger partial charge on any atom is 0.153 e. The molecule has 0 fully saturated rings. The monoisotopic (exact) mass is 388 g/mol. The lowest BCUT2D eigenvalue weighted by Gasteiger charge is -2.01. The molecular formula is C14H11BrCl2N2O2. The number of anilines is 2. The second kappa shape index (κ2) is 8.02. The number of carbonyl (C=O) groups is 2. The Balaban J connectivity index is 0.000000211. The van der Waals surface area contributed by atoms with Crippen LogP contribution in [-0.4, -0.2) is 12.6 Å².